The quantitative estimate of drug-likeness (QED) is 0.424. The number of carbonyl (C=O) groups is 2. The van der Waals surface area contributed by atoms with Crippen LogP contribution in [0.3, 0.4) is 0 Å². The maximum absolute atomic E-state index is 13.0. The summed E-state index contributed by atoms with van der Waals surface area (Å²) in [6.45, 7) is 1.99. The lowest BCUT2D eigenvalue weighted by atomic mass is 10.1. The fourth-order valence-corrected chi connectivity index (χ4v) is 4.33. The number of benzene rings is 3. The van der Waals surface area contributed by atoms with Crippen LogP contribution in [0.1, 0.15) is 28.4 Å². The van der Waals surface area contributed by atoms with Gasteiger partial charge in [0.25, 0.3) is 15.9 Å². The van der Waals surface area contributed by atoms with Gasteiger partial charge in [-0.1, -0.05) is 31.2 Å². The summed E-state index contributed by atoms with van der Waals surface area (Å²) in [6.07, 6.45) is 0.738. The lowest BCUT2D eigenvalue weighted by Crippen LogP contribution is -2.42. The summed E-state index contributed by atoms with van der Waals surface area (Å²) < 4.78 is 46.6. The average molecular weight is 486 g/mol. The minimum Gasteiger partial charge on any atom is -0.495 e. The number of anilines is 1. The first kappa shape index (κ1) is 24.7. The summed E-state index contributed by atoms with van der Waals surface area (Å²) in [5, 5.41) is 0. The molecule has 0 atom stereocenters. The highest BCUT2D eigenvalue weighted by Gasteiger charge is 2.22. The van der Waals surface area contributed by atoms with E-state index in [9.17, 15) is 22.4 Å². The smallest absolute Gasteiger partial charge is 0.269 e. The van der Waals surface area contributed by atoms with Gasteiger partial charge in [0, 0.05) is 11.3 Å². The summed E-state index contributed by atoms with van der Waals surface area (Å²) in [4.78, 5) is 24.3. The largest absolute Gasteiger partial charge is 0.495 e. The second kappa shape index (κ2) is 10.8. The number of hydrazine groups is 1. The zero-order chi connectivity index (χ0) is 24.7. The van der Waals surface area contributed by atoms with Gasteiger partial charge in [0.05, 0.1) is 13.5 Å². The van der Waals surface area contributed by atoms with Gasteiger partial charge in [-0.25, -0.2) is 12.8 Å². The fourth-order valence-electron chi connectivity index (χ4n) is 3.08. The van der Waals surface area contributed by atoms with Crippen molar-refractivity contribution in [1.82, 2.24) is 10.9 Å². The van der Waals surface area contributed by atoms with Crippen LogP contribution in [0.25, 0.3) is 0 Å². The molecular formula is C24H24FN3O5S. The average Bonchev–Trinajstić information content (AvgIpc) is 2.83. The van der Waals surface area contributed by atoms with Crippen LogP contribution in [0.2, 0.25) is 0 Å². The topological polar surface area (TPSA) is 114 Å². The molecule has 178 valence electrons. The van der Waals surface area contributed by atoms with E-state index in [2.05, 4.69) is 15.6 Å². The first-order chi connectivity index (χ1) is 16.2. The number of ether oxygens (including phenoxy) is 1. The van der Waals surface area contributed by atoms with Gasteiger partial charge in [0.15, 0.2) is 0 Å². The molecule has 8 nitrogen and oxygen atoms in total. The minimum atomic E-state index is -4.08. The van der Waals surface area contributed by atoms with Gasteiger partial charge >= 0.3 is 0 Å². The Hall–Kier alpha value is -3.92. The van der Waals surface area contributed by atoms with Crippen LogP contribution in [0.5, 0.6) is 5.75 Å². The molecule has 0 aliphatic carbocycles. The van der Waals surface area contributed by atoms with Crippen molar-refractivity contribution in [2.24, 2.45) is 0 Å². The first-order valence-corrected chi connectivity index (χ1v) is 11.8. The number of halogens is 1. The van der Waals surface area contributed by atoms with E-state index in [-0.39, 0.29) is 22.6 Å². The summed E-state index contributed by atoms with van der Waals surface area (Å²) in [5.41, 5.74) is 6.46. The van der Waals surface area contributed by atoms with Gasteiger partial charge in [-0.05, 0) is 60.0 Å². The summed E-state index contributed by atoms with van der Waals surface area (Å²) >= 11 is 0. The molecule has 0 radical (unpaired) electrons. The number of sulfonamides is 1. The maximum atomic E-state index is 13.0. The van der Waals surface area contributed by atoms with Gasteiger partial charge in [-0.2, -0.15) is 0 Å². The highest BCUT2D eigenvalue weighted by molar-refractivity contribution is 7.92. The fraction of sp³-hybridized carbons (Fsp3) is 0.167. The van der Waals surface area contributed by atoms with Crippen LogP contribution in [-0.2, 0) is 27.7 Å². The Bertz CT molecular complexity index is 1280. The molecule has 0 aromatic heterocycles. The molecule has 34 heavy (non-hydrogen) atoms. The van der Waals surface area contributed by atoms with Crippen molar-refractivity contribution >= 4 is 27.5 Å². The summed E-state index contributed by atoms with van der Waals surface area (Å²) in [7, 11) is -2.76. The number of hydrogen-bond acceptors (Lipinski definition) is 5. The third-order valence-electron chi connectivity index (χ3n) is 4.92. The van der Waals surface area contributed by atoms with Crippen molar-refractivity contribution in [3.63, 3.8) is 0 Å². The predicted octanol–water partition coefficient (Wildman–Crippen LogP) is 3.20. The standard InChI is InChI=1S/C24H24FN3O5S/c1-3-16-6-11-20(12-7-16)28-34(31,32)22-15-18(8-13-21(22)33-2)24(30)27-26-23(29)14-17-4-9-19(25)10-5-17/h4-13,15,28H,3,14H2,1-2H3,(H,26,29)(H,27,30). The molecule has 0 heterocycles. The normalized spacial score (nSPS) is 10.9. The van der Waals surface area contributed by atoms with Crippen molar-refractivity contribution in [2.75, 3.05) is 11.8 Å². The molecule has 0 bridgehead atoms. The van der Waals surface area contributed by atoms with E-state index >= 15 is 0 Å². The number of aryl methyl sites for hydroxylation is 1. The van der Waals surface area contributed by atoms with E-state index in [1.807, 2.05) is 19.1 Å². The van der Waals surface area contributed by atoms with Crippen molar-refractivity contribution in [3.05, 3.63) is 89.2 Å². The molecular weight excluding hydrogens is 461 g/mol. The Morgan fingerprint density at radius 1 is 0.912 bits per heavy atom. The molecule has 0 unspecified atom stereocenters. The van der Waals surface area contributed by atoms with Crippen molar-refractivity contribution in [3.8, 4) is 5.75 Å². The monoisotopic (exact) mass is 485 g/mol. The Labute approximate surface area is 197 Å². The zero-order valence-corrected chi connectivity index (χ0v) is 19.4. The molecule has 2 amide bonds. The number of nitrogens with one attached hydrogen (secondary N) is 3. The molecule has 0 saturated carbocycles. The lowest BCUT2D eigenvalue weighted by Gasteiger charge is -2.14. The molecule has 3 aromatic carbocycles. The van der Waals surface area contributed by atoms with Crippen LogP contribution in [0.4, 0.5) is 10.1 Å². The van der Waals surface area contributed by atoms with E-state index < -0.39 is 27.7 Å². The molecule has 0 saturated heterocycles. The van der Waals surface area contributed by atoms with Crippen LogP contribution < -0.4 is 20.3 Å². The molecule has 0 fully saturated rings. The first-order valence-electron chi connectivity index (χ1n) is 10.3. The third kappa shape index (κ3) is 6.32. The van der Waals surface area contributed by atoms with Crippen LogP contribution in [0, 0.1) is 5.82 Å². The van der Waals surface area contributed by atoms with Crippen molar-refractivity contribution in [1.29, 1.82) is 0 Å². The molecule has 10 heteroatoms. The minimum absolute atomic E-state index is 0.00964. The molecule has 3 rings (SSSR count). The summed E-state index contributed by atoms with van der Waals surface area (Å²) in [6, 6.07) is 16.2. The number of amides is 2. The SMILES string of the molecule is CCc1ccc(NS(=O)(=O)c2cc(C(=O)NNC(=O)Cc3ccc(F)cc3)ccc2OC)cc1. The van der Waals surface area contributed by atoms with E-state index in [0.29, 0.717) is 11.3 Å². The van der Waals surface area contributed by atoms with Gasteiger partial charge in [0.1, 0.15) is 16.5 Å². The van der Waals surface area contributed by atoms with E-state index in [4.69, 9.17) is 4.74 Å². The number of rotatable bonds is 8. The van der Waals surface area contributed by atoms with Gasteiger partial charge in [0.2, 0.25) is 5.91 Å². The predicted molar refractivity (Wildman–Crippen MR) is 125 cm³/mol. The maximum Gasteiger partial charge on any atom is 0.269 e. The summed E-state index contributed by atoms with van der Waals surface area (Å²) in [5.74, 6) is -1.62. The third-order valence-corrected chi connectivity index (χ3v) is 6.33. The second-order valence-electron chi connectivity index (χ2n) is 7.33. The highest BCUT2D eigenvalue weighted by atomic mass is 32.2. The number of carbonyl (C=O) groups excluding carboxylic acids is 2. The number of hydrogen-bond donors (Lipinski definition) is 3. The van der Waals surface area contributed by atoms with Crippen LogP contribution in [0.15, 0.2) is 71.6 Å². The van der Waals surface area contributed by atoms with Crippen LogP contribution in [-0.4, -0.2) is 27.3 Å². The van der Waals surface area contributed by atoms with Crippen LogP contribution >= 0.6 is 0 Å². The Kier molecular flexibility index (Phi) is 7.85. The van der Waals surface area contributed by atoms with E-state index in [1.54, 1.807) is 12.1 Å². The Morgan fingerprint density at radius 3 is 2.18 bits per heavy atom. The van der Waals surface area contributed by atoms with Gasteiger partial charge in [-0.3, -0.25) is 25.2 Å². The van der Waals surface area contributed by atoms with E-state index in [0.717, 1.165) is 18.1 Å². The molecule has 3 N–H and O–H groups in total. The zero-order valence-electron chi connectivity index (χ0n) is 18.6. The molecule has 0 spiro atoms. The lowest BCUT2D eigenvalue weighted by molar-refractivity contribution is -0.121. The van der Waals surface area contributed by atoms with Crippen molar-refractivity contribution in [2.45, 2.75) is 24.7 Å². The number of methoxy groups -OCH3 is 1. The molecule has 0 aliphatic heterocycles. The second-order valence-corrected chi connectivity index (χ2v) is 8.98. The van der Waals surface area contributed by atoms with Crippen molar-refractivity contribution < 1.29 is 27.1 Å². The van der Waals surface area contributed by atoms with E-state index in [1.165, 1.54) is 43.5 Å². The molecule has 3 aromatic rings. The Balaban J connectivity index is 1.72. The highest BCUT2D eigenvalue weighted by Crippen LogP contribution is 2.27. The Morgan fingerprint density at radius 2 is 1.56 bits per heavy atom. The van der Waals surface area contributed by atoms with Gasteiger partial charge < -0.3 is 4.74 Å². The molecule has 0 aliphatic rings. The van der Waals surface area contributed by atoms with Gasteiger partial charge in [-0.15, -0.1) is 0 Å².